The molecule has 0 bridgehead atoms. The third-order valence-corrected chi connectivity index (χ3v) is 8.53. The van der Waals surface area contributed by atoms with Crippen LogP contribution in [0.2, 0.25) is 0 Å². The number of benzene rings is 3. The van der Waals surface area contributed by atoms with E-state index in [1.54, 1.807) is 30.3 Å². The van der Waals surface area contributed by atoms with Crippen molar-refractivity contribution in [1.29, 1.82) is 0 Å². The Morgan fingerprint density at radius 3 is 1.93 bits per heavy atom. The monoisotopic (exact) mass is 599 g/mol. The van der Waals surface area contributed by atoms with Gasteiger partial charge in [-0.2, -0.15) is 8.42 Å². The highest BCUT2D eigenvalue weighted by molar-refractivity contribution is 7.86. The molecule has 0 aromatic heterocycles. The van der Waals surface area contributed by atoms with Crippen molar-refractivity contribution in [3.05, 3.63) is 54.1 Å². The van der Waals surface area contributed by atoms with Crippen LogP contribution in [0.15, 0.2) is 53.4 Å². The van der Waals surface area contributed by atoms with E-state index in [1.165, 1.54) is 0 Å². The topological polar surface area (TPSA) is 108 Å². The molecule has 0 aliphatic heterocycles. The lowest BCUT2D eigenvalue weighted by Gasteiger charge is -2.22. The molecule has 0 radical (unpaired) electrons. The van der Waals surface area contributed by atoms with Gasteiger partial charge in [-0.05, 0) is 30.2 Å². The van der Waals surface area contributed by atoms with Crippen molar-refractivity contribution < 1.29 is 27.2 Å². The number of nitrogen functional groups attached to an aromatic ring is 1. The van der Waals surface area contributed by atoms with Gasteiger partial charge in [-0.15, -0.1) is 0 Å². The standard InChI is InChI=1S/C34H49NO6S/c1-4-7-10-14-21-39-31-23-28(24-32(33(31)35)40-22-15-11-8-5-2)41-25-27(16-9-6-3)30-20-19-26-17-12-13-18-29(26)34(30)42(36,37)38/h12-13,17-20,23-24,27H,4-11,14-16,21-22,25,35H2,1-3H3,(H,36,37,38). The number of ether oxygens (including phenoxy) is 3. The van der Waals surface area contributed by atoms with Crippen molar-refractivity contribution >= 4 is 26.6 Å². The van der Waals surface area contributed by atoms with Crippen LogP contribution >= 0.6 is 0 Å². The van der Waals surface area contributed by atoms with Crippen LogP contribution in [-0.2, 0) is 10.1 Å². The SMILES string of the molecule is CCCCCCOc1cc(OCC(CCCC)c2ccc3ccccc3c2S(=O)(=O)O)cc(OCCCCCC)c1N. The van der Waals surface area contributed by atoms with Crippen LogP contribution < -0.4 is 19.9 Å². The minimum atomic E-state index is -4.48. The maximum atomic E-state index is 12.6. The highest BCUT2D eigenvalue weighted by atomic mass is 32.2. The Morgan fingerprint density at radius 1 is 0.762 bits per heavy atom. The van der Waals surface area contributed by atoms with Gasteiger partial charge in [-0.25, -0.2) is 0 Å². The molecule has 232 valence electrons. The average molecular weight is 600 g/mol. The van der Waals surface area contributed by atoms with Crippen molar-refractivity contribution in [2.75, 3.05) is 25.6 Å². The van der Waals surface area contributed by atoms with Crippen molar-refractivity contribution in [2.24, 2.45) is 0 Å². The molecule has 1 atom stereocenters. The van der Waals surface area contributed by atoms with Crippen molar-refractivity contribution in [3.8, 4) is 17.2 Å². The first kappa shape index (κ1) is 33.5. The number of nitrogens with two attached hydrogens (primary N) is 1. The van der Waals surface area contributed by atoms with E-state index in [0.717, 1.165) is 69.6 Å². The molecule has 0 saturated carbocycles. The van der Waals surface area contributed by atoms with Crippen molar-refractivity contribution in [3.63, 3.8) is 0 Å². The lowest BCUT2D eigenvalue weighted by atomic mass is 9.92. The molecule has 1 unspecified atom stereocenters. The van der Waals surface area contributed by atoms with Crippen LogP contribution in [0, 0.1) is 0 Å². The van der Waals surface area contributed by atoms with Gasteiger partial charge in [-0.3, -0.25) is 4.55 Å². The van der Waals surface area contributed by atoms with Gasteiger partial charge < -0.3 is 19.9 Å². The Bertz CT molecular complexity index is 1320. The summed E-state index contributed by atoms with van der Waals surface area (Å²) in [5.74, 6) is 1.34. The van der Waals surface area contributed by atoms with E-state index in [0.29, 0.717) is 53.5 Å². The second kappa shape index (κ2) is 17.2. The van der Waals surface area contributed by atoms with E-state index in [1.807, 2.05) is 18.2 Å². The lowest BCUT2D eigenvalue weighted by molar-refractivity contribution is 0.265. The van der Waals surface area contributed by atoms with Crippen LogP contribution in [0.5, 0.6) is 17.2 Å². The molecule has 3 N–H and O–H groups in total. The number of fused-ring (bicyclic) bond motifs is 1. The van der Waals surface area contributed by atoms with Gasteiger partial charge in [0.1, 0.15) is 27.8 Å². The van der Waals surface area contributed by atoms with Crippen LogP contribution in [0.25, 0.3) is 10.8 Å². The molecular weight excluding hydrogens is 550 g/mol. The number of hydrogen-bond acceptors (Lipinski definition) is 6. The second-order valence-corrected chi connectivity index (χ2v) is 12.3. The quantitative estimate of drug-likeness (QED) is 0.0758. The van der Waals surface area contributed by atoms with E-state index in [4.69, 9.17) is 19.9 Å². The number of rotatable bonds is 20. The van der Waals surface area contributed by atoms with Gasteiger partial charge in [0.25, 0.3) is 10.1 Å². The summed E-state index contributed by atoms with van der Waals surface area (Å²) in [6, 6.07) is 14.5. The van der Waals surface area contributed by atoms with Gasteiger partial charge >= 0.3 is 0 Å². The molecule has 3 aromatic rings. The normalized spacial score (nSPS) is 12.4. The van der Waals surface area contributed by atoms with E-state index < -0.39 is 10.1 Å². The molecule has 0 amide bonds. The zero-order valence-corrected chi connectivity index (χ0v) is 26.4. The van der Waals surface area contributed by atoms with Gasteiger partial charge in [0.05, 0.1) is 19.8 Å². The zero-order chi connectivity index (χ0) is 30.4. The molecule has 3 rings (SSSR count). The summed E-state index contributed by atoms with van der Waals surface area (Å²) in [6.45, 7) is 7.77. The molecular formula is C34H49NO6S. The summed E-state index contributed by atoms with van der Waals surface area (Å²) in [5, 5.41) is 1.26. The van der Waals surface area contributed by atoms with E-state index in [2.05, 4.69) is 20.8 Å². The Hall–Kier alpha value is -2.97. The average Bonchev–Trinajstić information content (AvgIpc) is 2.97. The Labute approximate surface area is 252 Å². The maximum absolute atomic E-state index is 12.6. The second-order valence-electron chi connectivity index (χ2n) is 11.0. The van der Waals surface area contributed by atoms with E-state index >= 15 is 0 Å². The van der Waals surface area contributed by atoms with Crippen LogP contribution in [-0.4, -0.2) is 32.8 Å². The summed E-state index contributed by atoms with van der Waals surface area (Å²) in [4.78, 5) is -0.0465. The molecule has 0 saturated heterocycles. The largest absolute Gasteiger partial charge is 0.493 e. The van der Waals surface area contributed by atoms with Crippen LogP contribution in [0.3, 0.4) is 0 Å². The van der Waals surface area contributed by atoms with E-state index in [-0.39, 0.29) is 17.4 Å². The third kappa shape index (κ3) is 9.80. The molecule has 7 nitrogen and oxygen atoms in total. The fourth-order valence-electron chi connectivity index (χ4n) is 5.17. The molecule has 0 spiro atoms. The van der Waals surface area contributed by atoms with Crippen LogP contribution in [0.1, 0.15) is 103 Å². The highest BCUT2D eigenvalue weighted by Gasteiger charge is 2.25. The lowest BCUT2D eigenvalue weighted by Crippen LogP contribution is -2.15. The molecule has 42 heavy (non-hydrogen) atoms. The minimum absolute atomic E-state index is 0.0465. The van der Waals surface area contributed by atoms with Gasteiger partial charge in [-0.1, -0.05) is 109 Å². The Morgan fingerprint density at radius 2 is 1.36 bits per heavy atom. The zero-order valence-electron chi connectivity index (χ0n) is 25.6. The van der Waals surface area contributed by atoms with Gasteiger partial charge in [0.15, 0.2) is 0 Å². The first-order valence-electron chi connectivity index (χ1n) is 15.6. The smallest absolute Gasteiger partial charge is 0.295 e. The minimum Gasteiger partial charge on any atom is -0.493 e. The summed E-state index contributed by atoms with van der Waals surface area (Å²) in [6.07, 6.45) is 11.2. The van der Waals surface area contributed by atoms with Crippen molar-refractivity contribution in [1.82, 2.24) is 0 Å². The first-order chi connectivity index (χ1) is 20.3. The molecule has 8 heteroatoms. The van der Waals surface area contributed by atoms with Gasteiger partial charge in [0, 0.05) is 23.4 Å². The Kier molecular flexibility index (Phi) is 13.7. The summed E-state index contributed by atoms with van der Waals surface area (Å²) < 4.78 is 54.1. The fourth-order valence-corrected chi connectivity index (χ4v) is 6.16. The van der Waals surface area contributed by atoms with Gasteiger partial charge in [0.2, 0.25) is 0 Å². The Balaban J connectivity index is 1.89. The van der Waals surface area contributed by atoms with E-state index in [9.17, 15) is 13.0 Å². The number of anilines is 1. The third-order valence-electron chi connectivity index (χ3n) is 7.55. The molecule has 0 fully saturated rings. The number of hydrogen-bond donors (Lipinski definition) is 2. The summed E-state index contributed by atoms with van der Waals surface area (Å²) >= 11 is 0. The first-order valence-corrected chi connectivity index (χ1v) is 17.0. The molecule has 0 heterocycles. The van der Waals surface area contributed by atoms with Crippen molar-refractivity contribution in [2.45, 2.75) is 102 Å². The number of unbranched alkanes of at least 4 members (excludes halogenated alkanes) is 7. The maximum Gasteiger partial charge on any atom is 0.295 e. The van der Waals surface area contributed by atoms with Crippen LogP contribution in [0.4, 0.5) is 5.69 Å². The summed E-state index contributed by atoms with van der Waals surface area (Å²) in [7, 11) is -4.48. The molecule has 3 aromatic carbocycles. The predicted molar refractivity (Wildman–Crippen MR) is 172 cm³/mol. The highest BCUT2D eigenvalue weighted by Crippen LogP contribution is 2.39. The predicted octanol–water partition coefficient (Wildman–Crippen LogP) is 8.94. The summed E-state index contributed by atoms with van der Waals surface area (Å²) in [5.41, 5.74) is 7.48. The fraction of sp³-hybridized carbons (Fsp3) is 0.529. The molecule has 0 aliphatic carbocycles. The molecule has 0 aliphatic rings.